The van der Waals surface area contributed by atoms with E-state index in [0.717, 1.165) is 56.4 Å². The van der Waals surface area contributed by atoms with Gasteiger partial charge in [0.1, 0.15) is 6.10 Å². The molecule has 0 bridgehead atoms. The molecule has 3 aliphatic rings. The van der Waals surface area contributed by atoms with E-state index in [1.807, 2.05) is 12.1 Å². The van der Waals surface area contributed by atoms with Crippen molar-refractivity contribution in [2.45, 2.75) is 31.1 Å². The van der Waals surface area contributed by atoms with E-state index in [1.54, 1.807) is 0 Å². The molecule has 5 heteroatoms. The highest BCUT2D eigenvalue weighted by Crippen LogP contribution is 2.56. The number of benzene rings is 3. The lowest BCUT2D eigenvalue weighted by atomic mass is 9.66. The average Bonchev–Trinajstić information content (AvgIpc) is 3.69. The van der Waals surface area contributed by atoms with Crippen LogP contribution in [-0.2, 0) is 10.2 Å². The number of para-hydroxylation sites is 2. The maximum absolute atomic E-state index is 6.46. The van der Waals surface area contributed by atoms with Crippen molar-refractivity contribution >= 4 is 23.0 Å². The predicted octanol–water partition coefficient (Wildman–Crippen LogP) is 5.40. The molecule has 4 nitrogen and oxygen atoms in total. The van der Waals surface area contributed by atoms with Gasteiger partial charge in [0.2, 0.25) is 0 Å². The Morgan fingerprint density at radius 2 is 1.53 bits per heavy atom. The van der Waals surface area contributed by atoms with Crippen LogP contribution in [0, 0.1) is 0 Å². The lowest BCUT2D eigenvalue weighted by molar-refractivity contribution is 0.218. The zero-order valence-electron chi connectivity index (χ0n) is 19.7. The minimum Gasteiger partial charge on any atom is -0.368 e. The Morgan fingerprint density at radius 1 is 0.853 bits per heavy atom. The van der Waals surface area contributed by atoms with Gasteiger partial charge in [0.05, 0.1) is 16.1 Å². The van der Waals surface area contributed by atoms with E-state index in [0.29, 0.717) is 0 Å². The largest absolute Gasteiger partial charge is 0.368 e. The SMILES string of the molecule is CCN1c2ccccc2C(CCN2CCN(c3ccccc3Cl)CC2)(c2ccccc2)C2OC21. The molecule has 3 atom stereocenters. The molecule has 34 heavy (non-hydrogen) atoms. The Bertz CT molecular complexity index is 1150. The molecular weight excluding hydrogens is 442 g/mol. The lowest BCUT2D eigenvalue weighted by Gasteiger charge is -2.43. The van der Waals surface area contributed by atoms with Gasteiger partial charge in [-0.1, -0.05) is 72.3 Å². The third kappa shape index (κ3) is 3.60. The highest BCUT2D eigenvalue weighted by Gasteiger charge is 2.62. The summed E-state index contributed by atoms with van der Waals surface area (Å²) in [6.45, 7) is 8.35. The van der Waals surface area contributed by atoms with Crippen LogP contribution in [0.15, 0.2) is 78.9 Å². The zero-order valence-corrected chi connectivity index (χ0v) is 20.5. The number of nitrogens with zero attached hydrogens (tertiary/aromatic N) is 3. The second-order valence-electron chi connectivity index (χ2n) is 9.62. The van der Waals surface area contributed by atoms with Gasteiger partial charge in [0.25, 0.3) is 0 Å². The fourth-order valence-corrected chi connectivity index (χ4v) is 6.43. The molecule has 0 spiro atoms. The first-order valence-electron chi connectivity index (χ1n) is 12.5. The van der Waals surface area contributed by atoms with Crippen LogP contribution in [0.3, 0.4) is 0 Å². The van der Waals surface area contributed by atoms with Gasteiger partial charge < -0.3 is 14.5 Å². The van der Waals surface area contributed by atoms with Crippen molar-refractivity contribution in [3.8, 4) is 0 Å². The summed E-state index contributed by atoms with van der Waals surface area (Å²) in [6, 6.07) is 28.2. The summed E-state index contributed by atoms with van der Waals surface area (Å²) >= 11 is 6.46. The maximum Gasteiger partial charge on any atom is 0.158 e. The Kier molecular flexibility index (Phi) is 5.76. The summed E-state index contributed by atoms with van der Waals surface area (Å²) in [5.74, 6) is 0. The molecule has 0 amide bonds. The number of halogens is 1. The molecule has 3 aromatic rings. The van der Waals surface area contributed by atoms with Crippen LogP contribution in [0.1, 0.15) is 24.5 Å². The van der Waals surface area contributed by atoms with Crippen LogP contribution < -0.4 is 9.80 Å². The van der Waals surface area contributed by atoms with Crippen LogP contribution in [0.4, 0.5) is 11.4 Å². The summed E-state index contributed by atoms with van der Waals surface area (Å²) in [6.07, 6.45) is 1.44. The third-order valence-electron chi connectivity index (χ3n) is 7.97. The summed E-state index contributed by atoms with van der Waals surface area (Å²) in [7, 11) is 0. The maximum atomic E-state index is 6.46. The monoisotopic (exact) mass is 473 g/mol. The fraction of sp³-hybridized carbons (Fsp3) is 0.379. The molecule has 2 saturated heterocycles. The van der Waals surface area contributed by atoms with Crippen LogP contribution in [0.5, 0.6) is 0 Å². The van der Waals surface area contributed by atoms with Gasteiger partial charge in [-0.2, -0.15) is 0 Å². The molecule has 6 rings (SSSR count). The highest BCUT2D eigenvalue weighted by atomic mass is 35.5. The number of fused-ring (bicyclic) bond motifs is 2. The van der Waals surface area contributed by atoms with Gasteiger partial charge in [-0.3, -0.25) is 4.90 Å². The third-order valence-corrected chi connectivity index (χ3v) is 8.29. The van der Waals surface area contributed by atoms with E-state index in [2.05, 4.69) is 88.4 Å². The second kappa shape index (κ2) is 8.92. The van der Waals surface area contributed by atoms with Crippen LogP contribution >= 0.6 is 11.6 Å². The fourth-order valence-electron chi connectivity index (χ4n) is 6.17. The molecule has 3 aromatic carbocycles. The standard InChI is InChI=1S/C29H32ClN3O/c1-2-33-25-14-8-6-12-23(25)29(27-28(33)34-27,22-10-4-3-5-11-22)16-17-31-18-20-32(21-19-31)26-15-9-7-13-24(26)30/h3-15,27-28H,2,16-21H2,1H3. The Labute approximate surface area is 207 Å². The smallest absolute Gasteiger partial charge is 0.158 e. The molecule has 3 aliphatic heterocycles. The lowest BCUT2D eigenvalue weighted by Crippen LogP contribution is -2.50. The quantitative estimate of drug-likeness (QED) is 0.447. The minimum absolute atomic E-state index is 0.117. The van der Waals surface area contributed by atoms with E-state index in [1.165, 1.54) is 16.8 Å². The Morgan fingerprint density at radius 3 is 2.26 bits per heavy atom. The number of piperazine rings is 1. The van der Waals surface area contributed by atoms with E-state index in [4.69, 9.17) is 16.3 Å². The highest BCUT2D eigenvalue weighted by molar-refractivity contribution is 6.33. The number of rotatable bonds is 6. The Hall–Kier alpha value is -2.53. The average molecular weight is 474 g/mol. The van der Waals surface area contributed by atoms with Crippen molar-refractivity contribution in [2.75, 3.05) is 49.1 Å². The first-order chi connectivity index (χ1) is 16.7. The van der Waals surface area contributed by atoms with Crippen molar-refractivity contribution in [1.82, 2.24) is 4.90 Å². The number of anilines is 2. The van der Waals surface area contributed by atoms with Crippen molar-refractivity contribution in [2.24, 2.45) is 0 Å². The van der Waals surface area contributed by atoms with E-state index >= 15 is 0 Å². The molecule has 2 fully saturated rings. The van der Waals surface area contributed by atoms with E-state index in [9.17, 15) is 0 Å². The normalized spacial score (nSPS) is 26.2. The summed E-state index contributed by atoms with van der Waals surface area (Å²) in [4.78, 5) is 7.47. The predicted molar refractivity (Wildman–Crippen MR) is 140 cm³/mol. The topological polar surface area (TPSA) is 22.2 Å². The number of ether oxygens (including phenoxy) is 1. The van der Waals surface area contributed by atoms with Crippen LogP contribution in [-0.4, -0.2) is 56.5 Å². The molecule has 0 aliphatic carbocycles. The van der Waals surface area contributed by atoms with Crippen molar-refractivity contribution < 1.29 is 4.74 Å². The Balaban J connectivity index is 1.26. The number of hydrogen-bond donors (Lipinski definition) is 0. The molecular formula is C29H32ClN3O. The van der Waals surface area contributed by atoms with Gasteiger partial charge in [-0.25, -0.2) is 0 Å². The molecule has 0 N–H and O–H groups in total. The minimum atomic E-state index is -0.117. The van der Waals surface area contributed by atoms with Crippen molar-refractivity contribution in [3.63, 3.8) is 0 Å². The zero-order chi connectivity index (χ0) is 23.1. The van der Waals surface area contributed by atoms with E-state index in [-0.39, 0.29) is 17.7 Å². The van der Waals surface area contributed by atoms with Gasteiger partial charge in [0.15, 0.2) is 6.23 Å². The van der Waals surface area contributed by atoms with Gasteiger partial charge in [0, 0.05) is 38.4 Å². The summed E-state index contributed by atoms with van der Waals surface area (Å²) in [5.41, 5.74) is 5.15. The number of epoxide rings is 1. The van der Waals surface area contributed by atoms with Crippen LogP contribution in [0.25, 0.3) is 0 Å². The number of hydrogen-bond acceptors (Lipinski definition) is 4. The molecule has 0 saturated carbocycles. The van der Waals surface area contributed by atoms with Crippen molar-refractivity contribution in [3.05, 3.63) is 95.0 Å². The molecule has 0 aromatic heterocycles. The first-order valence-corrected chi connectivity index (χ1v) is 12.9. The molecule has 0 radical (unpaired) electrons. The second-order valence-corrected chi connectivity index (χ2v) is 10.0. The summed E-state index contributed by atoms with van der Waals surface area (Å²) in [5, 5.41) is 0.843. The molecule has 3 heterocycles. The van der Waals surface area contributed by atoms with Crippen LogP contribution in [0.2, 0.25) is 5.02 Å². The summed E-state index contributed by atoms with van der Waals surface area (Å²) < 4.78 is 6.45. The van der Waals surface area contributed by atoms with Crippen molar-refractivity contribution in [1.29, 1.82) is 0 Å². The van der Waals surface area contributed by atoms with Gasteiger partial charge >= 0.3 is 0 Å². The first kappa shape index (κ1) is 22.0. The number of likely N-dealkylation sites (N-methyl/N-ethyl adjacent to an activating group) is 1. The van der Waals surface area contributed by atoms with E-state index < -0.39 is 0 Å². The van der Waals surface area contributed by atoms with Gasteiger partial charge in [-0.05, 0) is 49.2 Å². The van der Waals surface area contributed by atoms with Gasteiger partial charge in [-0.15, -0.1) is 0 Å². The molecule has 3 unspecified atom stereocenters. The molecule has 176 valence electrons.